The number of amides is 1. The molecule has 4 N–H and O–H groups in total. The Balaban J connectivity index is 1.36. The van der Waals surface area contributed by atoms with Gasteiger partial charge in [-0.2, -0.15) is 4.52 Å². The van der Waals surface area contributed by atoms with Crippen LogP contribution in [0.25, 0.3) is 5.65 Å². The molecule has 174 valence electrons. The average molecular weight is 478 g/mol. The molecule has 0 saturated heterocycles. The Morgan fingerprint density at radius 2 is 2.03 bits per heavy atom. The molecule has 1 aromatic carbocycles. The minimum Gasteiger partial charge on any atom is -0.382 e. The number of nitrogens with zero attached hydrogens (tertiary/aromatic N) is 6. The van der Waals surface area contributed by atoms with Gasteiger partial charge >= 0.3 is 0 Å². The number of aromatic nitrogens is 6. The van der Waals surface area contributed by atoms with E-state index < -0.39 is 11.9 Å². The standard InChI is InChI=1S/C23H24ClN9O/c1-13(27-23(34)20-21(25)26-12-17(29-20)14-5-2-3-6-14)22-31-30-19-10-9-18(32-33(19)22)28-16-8-4-7-15(24)11-16/h4,7-14H,2-3,5-6H2,1H3,(H2,25,26)(H,27,34)(H,28,32)/t13-/m1/s1. The number of benzene rings is 1. The maximum absolute atomic E-state index is 13.0. The van der Waals surface area contributed by atoms with Crippen LogP contribution in [0.2, 0.25) is 5.02 Å². The summed E-state index contributed by atoms with van der Waals surface area (Å²) < 4.78 is 1.59. The largest absolute Gasteiger partial charge is 0.382 e. The summed E-state index contributed by atoms with van der Waals surface area (Å²) >= 11 is 6.07. The van der Waals surface area contributed by atoms with E-state index in [1.807, 2.05) is 12.1 Å². The van der Waals surface area contributed by atoms with Gasteiger partial charge in [0, 0.05) is 16.6 Å². The first-order valence-corrected chi connectivity index (χ1v) is 11.5. The van der Waals surface area contributed by atoms with Crippen LogP contribution >= 0.6 is 11.6 Å². The third-order valence-corrected chi connectivity index (χ3v) is 6.16. The van der Waals surface area contributed by atoms with Crippen LogP contribution in [-0.4, -0.2) is 35.7 Å². The Morgan fingerprint density at radius 1 is 1.21 bits per heavy atom. The van der Waals surface area contributed by atoms with Crippen LogP contribution in [0, 0.1) is 0 Å². The number of anilines is 3. The molecule has 0 bridgehead atoms. The van der Waals surface area contributed by atoms with Gasteiger partial charge in [0.2, 0.25) is 0 Å². The molecule has 0 aliphatic heterocycles. The van der Waals surface area contributed by atoms with Crippen molar-refractivity contribution in [2.24, 2.45) is 0 Å². The lowest BCUT2D eigenvalue weighted by atomic mass is 10.0. The van der Waals surface area contributed by atoms with E-state index in [0.29, 0.717) is 28.2 Å². The van der Waals surface area contributed by atoms with Crippen molar-refractivity contribution in [2.45, 2.75) is 44.6 Å². The van der Waals surface area contributed by atoms with Gasteiger partial charge in [-0.1, -0.05) is 30.5 Å². The van der Waals surface area contributed by atoms with Gasteiger partial charge in [0.25, 0.3) is 5.91 Å². The number of rotatable bonds is 6. The van der Waals surface area contributed by atoms with Gasteiger partial charge < -0.3 is 16.4 Å². The zero-order valence-corrected chi connectivity index (χ0v) is 19.3. The predicted octanol–water partition coefficient (Wildman–Crippen LogP) is 4.04. The van der Waals surface area contributed by atoms with Crippen molar-refractivity contribution in [1.29, 1.82) is 0 Å². The summed E-state index contributed by atoms with van der Waals surface area (Å²) in [4.78, 5) is 21.8. The molecule has 1 fully saturated rings. The second kappa shape index (κ2) is 9.22. The van der Waals surface area contributed by atoms with Crippen LogP contribution in [0.5, 0.6) is 0 Å². The van der Waals surface area contributed by atoms with E-state index in [0.717, 1.165) is 37.1 Å². The first kappa shape index (κ1) is 22.0. The number of carbonyl (C=O) groups is 1. The maximum Gasteiger partial charge on any atom is 0.274 e. The van der Waals surface area contributed by atoms with Crippen LogP contribution in [0.4, 0.5) is 17.3 Å². The van der Waals surface area contributed by atoms with Crippen molar-refractivity contribution in [2.75, 3.05) is 11.1 Å². The fourth-order valence-electron chi connectivity index (χ4n) is 4.18. The SMILES string of the molecule is C[C@@H](NC(=O)c1nc(C2CCCC2)cnc1N)c1nnc2ccc(Nc3cccc(Cl)c3)nn12. The summed E-state index contributed by atoms with van der Waals surface area (Å²) in [5.41, 5.74) is 8.27. The summed E-state index contributed by atoms with van der Waals surface area (Å²) in [6, 6.07) is 10.4. The molecule has 34 heavy (non-hydrogen) atoms. The number of fused-ring (bicyclic) bond motifs is 1. The molecule has 1 aliphatic rings. The zero-order chi connectivity index (χ0) is 23.7. The number of nitrogens with one attached hydrogen (secondary N) is 2. The molecule has 1 saturated carbocycles. The molecule has 0 unspecified atom stereocenters. The lowest BCUT2D eigenvalue weighted by Crippen LogP contribution is -2.30. The van der Waals surface area contributed by atoms with E-state index in [4.69, 9.17) is 17.3 Å². The van der Waals surface area contributed by atoms with Crippen molar-refractivity contribution in [3.05, 3.63) is 64.8 Å². The first-order chi connectivity index (χ1) is 16.5. The Labute approximate surface area is 201 Å². The molecule has 0 spiro atoms. The Morgan fingerprint density at radius 3 is 2.82 bits per heavy atom. The highest BCUT2D eigenvalue weighted by molar-refractivity contribution is 6.30. The summed E-state index contributed by atoms with van der Waals surface area (Å²) in [7, 11) is 0. The predicted molar refractivity (Wildman–Crippen MR) is 129 cm³/mol. The van der Waals surface area contributed by atoms with Gasteiger partial charge in [-0.05, 0) is 50.1 Å². The molecule has 0 radical (unpaired) electrons. The number of nitrogen functional groups attached to an aromatic ring is 1. The summed E-state index contributed by atoms with van der Waals surface area (Å²) in [5, 5.41) is 19.7. The topological polar surface area (TPSA) is 136 Å². The molecule has 3 aromatic heterocycles. The highest BCUT2D eigenvalue weighted by Gasteiger charge is 2.24. The number of carbonyl (C=O) groups excluding carboxylic acids is 1. The lowest BCUT2D eigenvalue weighted by molar-refractivity contribution is 0.0933. The van der Waals surface area contributed by atoms with Crippen molar-refractivity contribution in [1.82, 2.24) is 35.1 Å². The average Bonchev–Trinajstić information content (AvgIpc) is 3.49. The molecule has 10 nitrogen and oxygen atoms in total. The monoisotopic (exact) mass is 477 g/mol. The highest BCUT2D eigenvalue weighted by atomic mass is 35.5. The Hall–Kier alpha value is -3.79. The number of hydrogen-bond donors (Lipinski definition) is 3. The third-order valence-electron chi connectivity index (χ3n) is 5.93. The second-order valence-corrected chi connectivity index (χ2v) is 8.82. The van der Waals surface area contributed by atoms with E-state index in [2.05, 4.69) is 35.9 Å². The van der Waals surface area contributed by atoms with Gasteiger partial charge in [-0.25, -0.2) is 9.97 Å². The maximum atomic E-state index is 13.0. The minimum absolute atomic E-state index is 0.101. The van der Waals surface area contributed by atoms with Crippen molar-refractivity contribution in [3.8, 4) is 0 Å². The minimum atomic E-state index is -0.507. The fraction of sp³-hybridized carbons (Fsp3) is 0.304. The normalized spacial score (nSPS) is 14.9. The molecule has 11 heteroatoms. The first-order valence-electron chi connectivity index (χ1n) is 11.2. The molecule has 4 aromatic rings. The number of halogens is 1. The van der Waals surface area contributed by atoms with Gasteiger partial charge in [0.1, 0.15) is 0 Å². The lowest BCUT2D eigenvalue weighted by Gasteiger charge is -2.14. The zero-order valence-electron chi connectivity index (χ0n) is 18.6. The molecule has 5 rings (SSSR count). The second-order valence-electron chi connectivity index (χ2n) is 8.39. The quantitative estimate of drug-likeness (QED) is 0.378. The van der Waals surface area contributed by atoms with Gasteiger partial charge in [0.05, 0.1) is 17.9 Å². The van der Waals surface area contributed by atoms with E-state index in [1.165, 1.54) is 0 Å². The molecule has 1 aliphatic carbocycles. The van der Waals surface area contributed by atoms with Gasteiger partial charge in [-0.3, -0.25) is 4.79 Å². The molecule has 3 heterocycles. The Bertz CT molecular complexity index is 1350. The van der Waals surface area contributed by atoms with Crippen LogP contribution < -0.4 is 16.4 Å². The summed E-state index contributed by atoms with van der Waals surface area (Å²) in [6.07, 6.45) is 6.11. The third kappa shape index (κ3) is 4.49. The van der Waals surface area contributed by atoms with E-state index >= 15 is 0 Å². The van der Waals surface area contributed by atoms with Gasteiger partial charge in [0.15, 0.2) is 28.8 Å². The highest BCUT2D eigenvalue weighted by Crippen LogP contribution is 2.33. The summed E-state index contributed by atoms with van der Waals surface area (Å²) in [6.45, 7) is 1.80. The molecule has 1 amide bonds. The van der Waals surface area contributed by atoms with Crippen LogP contribution in [0.1, 0.15) is 66.6 Å². The number of nitrogens with two attached hydrogens (primary N) is 1. The van der Waals surface area contributed by atoms with Crippen LogP contribution in [-0.2, 0) is 0 Å². The van der Waals surface area contributed by atoms with Crippen molar-refractivity contribution < 1.29 is 4.79 Å². The summed E-state index contributed by atoms with van der Waals surface area (Å²) in [5.74, 6) is 1.06. The smallest absolute Gasteiger partial charge is 0.274 e. The van der Waals surface area contributed by atoms with Gasteiger partial charge in [-0.15, -0.1) is 15.3 Å². The molecule has 1 atom stereocenters. The van der Waals surface area contributed by atoms with Crippen molar-refractivity contribution >= 4 is 40.5 Å². The van der Waals surface area contributed by atoms with Crippen molar-refractivity contribution in [3.63, 3.8) is 0 Å². The Kier molecular flexibility index (Phi) is 5.97. The molecular weight excluding hydrogens is 454 g/mol. The number of hydrogen-bond acceptors (Lipinski definition) is 8. The molecular formula is C23H24ClN9O. The van der Waals surface area contributed by atoms with E-state index in [-0.39, 0.29) is 11.5 Å². The fourth-order valence-corrected chi connectivity index (χ4v) is 4.37. The van der Waals surface area contributed by atoms with E-state index in [9.17, 15) is 4.79 Å². The van der Waals surface area contributed by atoms with E-state index in [1.54, 1.807) is 41.9 Å². The van der Waals surface area contributed by atoms with Crippen LogP contribution in [0.15, 0.2) is 42.6 Å². The van der Waals surface area contributed by atoms with Crippen LogP contribution in [0.3, 0.4) is 0 Å².